The van der Waals surface area contributed by atoms with Crippen LogP contribution in [0.5, 0.6) is 17.2 Å². The number of methoxy groups -OCH3 is 3. The number of hydrogen-bond acceptors (Lipinski definition) is 6. The zero-order chi connectivity index (χ0) is 18.0. The summed E-state index contributed by atoms with van der Waals surface area (Å²) < 4.78 is 16.1. The summed E-state index contributed by atoms with van der Waals surface area (Å²) in [7, 11) is 4.90. The molecule has 1 heterocycles. The summed E-state index contributed by atoms with van der Waals surface area (Å²) in [4.78, 5) is 4.79. The quantitative estimate of drug-likeness (QED) is 0.887. The number of nitrogens with zero attached hydrogens (tertiary/aromatic N) is 1. The van der Waals surface area contributed by atoms with Gasteiger partial charge in [-0.25, -0.2) is 4.99 Å². The minimum atomic E-state index is -0.451. The van der Waals surface area contributed by atoms with Gasteiger partial charge in [-0.15, -0.1) is 0 Å². The van der Waals surface area contributed by atoms with E-state index in [0.29, 0.717) is 11.5 Å². The SMILES string of the molecule is COc1cccc(NC2=NC(C)(C)Nc3cc(OC)c(OC)cc32)c1. The molecule has 132 valence electrons. The lowest BCUT2D eigenvalue weighted by molar-refractivity contribution is 0.355. The van der Waals surface area contributed by atoms with Crippen LogP contribution < -0.4 is 24.8 Å². The standard InChI is InChI=1S/C19H23N3O3/c1-19(2)21-15-11-17(25-5)16(24-4)10-14(15)18(22-19)20-12-7-6-8-13(9-12)23-3/h6-11,21H,1-5H3,(H,20,22). The number of anilines is 2. The Morgan fingerprint density at radius 1 is 0.960 bits per heavy atom. The van der Waals surface area contributed by atoms with Gasteiger partial charge in [0, 0.05) is 23.4 Å². The van der Waals surface area contributed by atoms with E-state index in [-0.39, 0.29) is 0 Å². The molecule has 3 rings (SSSR count). The molecule has 0 saturated carbocycles. The third-order valence-electron chi connectivity index (χ3n) is 3.94. The molecule has 0 saturated heterocycles. The van der Waals surface area contributed by atoms with Crippen molar-refractivity contribution in [1.29, 1.82) is 0 Å². The maximum absolute atomic E-state index is 5.43. The molecule has 1 aliphatic heterocycles. The van der Waals surface area contributed by atoms with Crippen LogP contribution >= 0.6 is 0 Å². The molecule has 25 heavy (non-hydrogen) atoms. The highest BCUT2D eigenvalue weighted by Crippen LogP contribution is 2.37. The highest BCUT2D eigenvalue weighted by Gasteiger charge is 2.27. The average Bonchev–Trinajstić information content (AvgIpc) is 2.60. The van der Waals surface area contributed by atoms with Crippen LogP contribution in [0.4, 0.5) is 11.4 Å². The van der Waals surface area contributed by atoms with Crippen molar-refractivity contribution in [3.05, 3.63) is 42.0 Å². The van der Waals surface area contributed by atoms with Gasteiger partial charge < -0.3 is 24.8 Å². The molecule has 0 unspecified atom stereocenters. The van der Waals surface area contributed by atoms with Crippen molar-refractivity contribution in [2.75, 3.05) is 32.0 Å². The molecule has 0 radical (unpaired) electrons. The van der Waals surface area contributed by atoms with Crippen LogP contribution in [0.1, 0.15) is 19.4 Å². The van der Waals surface area contributed by atoms with E-state index in [1.165, 1.54) is 0 Å². The number of rotatable bonds is 4. The monoisotopic (exact) mass is 341 g/mol. The van der Waals surface area contributed by atoms with Crippen LogP contribution in [0.15, 0.2) is 41.4 Å². The Hall–Kier alpha value is -2.89. The molecule has 0 atom stereocenters. The van der Waals surface area contributed by atoms with Crippen molar-refractivity contribution in [3.8, 4) is 17.2 Å². The third kappa shape index (κ3) is 3.47. The molecule has 2 N–H and O–H groups in total. The molecule has 2 aromatic carbocycles. The molecule has 1 aliphatic rings. The lowest BCUT2D eigenvalue weighted by Gasteiger charge is -2.32. The number of fused-ring (bicyclic) bond motifs is 1. The largest absolute Gasteiger partial charge is 0.497 e. The zero-order valence-corrected chi connectivity index (χ0v) is 15.1. The number of amidine groups is 1. The van der Waals surface area contributed by atoms with E-state index in [2.05, 4.69) is 10.6 Å². The first-order valence-corrected chi connectivity index (χ1v) is 8.01. The fourth-order valence-corrected chi connectivity index (χ4v) is 2.81. The van der Waals surface area contributed by atoms with Gasteiger partial charge in [-0.2, -0.15) is 0 Å². The van der Waals surface area contributed by atoms with E-state index in [1.54, 1.807) is 21.3 Å². The number of hydrogen-bond donors (Lipinski definition) is 2. The van der Waals surface area contributed by atoms with Crippen molar-refractivity contribution in [2.24, 2.45) is 4.99 Å². The molecule has 6 heteroatoms. The summed E-state index contributed by atoms with van der Waals surface area (Å²) in [5.74, 6) is 2.87. The first kappa shape index (κ1) is 17.0. The Labute approximate surface area is 147 Å². The van der Waals surface area contributed by atoms with Crippen molar-refractivity contribution >= 4 is 17.2 Å². The lowest BCUT2D eigenvalue weighted by Crippen LogP contribution is -2.36. The highest BCUT2D eigenvalue weighted by atomic mass is 16.5. The van der Waals surface area contributed by atoms with Crippen LogP contribution in [-0.4, -0.2) is 32.8 Å². The molecule has 0 aromatic heterocycles. The fraction of sp³-hybridized carbons (Fsp3) is 0.316. The second-order valence-electron chi connectivity index (χ2n) is 6.25. The predicted molar refractivity (Wildman–Crippen MR) is 100 cm³/mol. The average molecular weight is 341 g/mol. The molecule has 0 aliphatic carbocycles. The van der Waals surface area contributed by atoms with E-state index >= 15 is 0 Å². The van der Waals surface area contributed by atoms with E-state index in [1.807, 2.05) is 50.2 Å². The van der Waals surface area contributed by atoms with E-state index in [0.717, 1.165) is 28.5 Å². The summed E-state index contributed by atoms with van der Waals surface area (Å²) in [5.41, 5.74) is 2.30. The van der Waals surface area contributed by atoms with E-state index in [9.17, 15) is 0 Å². The number of ether oxygens (including phenoxy) is 3. The van der Waals surface area contributed by atoms with Crippen LogP contribution in [0.25, 0.3) is 0 Å². The number of aliphatic imine (C=N–C) groups is 1. The smallest absolute Gasteiger partial charge is 0.162 e. The Morgan fingerprint density at radius 3 is 2.36 bits per heavy atom. The summed E-state index contributed by atoms with van der Waals surface area (Å²) >= 11 is 0. The Kier molecular flexibility index (Phi) is 4.44. The zero-order valence-electron chi connectivity index (χ0n) is 15.1. The van der Waals surface area contributed by atoms with Crippen molar-refractivity contribution < 1.29 is 14.2 Å². The summed E-state index contributed by atoms with van der Waals surface area (Å²) in [6, 6.07) is 11.6. The highest BCUT2D eigenvalue weighted by molar-refractivity contribution is 6.13. The molecule has 0 spiro atoms. The molecule has 0 bridgehead atoms. The van der Waals surface area contributed by atoms with E-state index < -0.39 is 5.66 Å². The van der Waals surface area contributed by atoms with Crippen LogP contribution in [0.2, 0.25) is 0 Å². The number of benzene rings is 2. The Balaban J connectivity index is 2.05. The third-order valence-corrected chi connectivity index (χ3v) is 3.94. The van der Waals surface area contributed by atoms with Gasteiger partial charge in [-0.05, 0) is 32.0 Å². The summed E-state index contributed by atoms with van der Waals surface area (Å²) in [6.45, 7) is 4.03. The minimum Gasteiger partial charge on any atom is -0.497 e. The first-order valence-electron chi connectivity index (χ1n) is 8.01. The molecular formula is C19H23N3O3. The van der Waals surface area contributed by atoms with Crippen molar-refractivity contribution in [2.45, 2.75) is 19.5 Å². The second kappa shape index (κ2) is 6.55. The number of nitrogens with one attached hydrogen (secondary N) is 2. The van der Waals surface area contributed by atoms with Gasteiger partial charge in [0.05, 0.1) is 27.0 Å². The second-order valence-corrected chi connectivity index (χ2v) is 6.25. The molecule has 0 fully saturated rings. The van der Waals surface area contributed by atoms with Gasteiger partial charge in [0.15, 0.2) is 11.5 Å². The lowest BCUT2D eigenvalue weighted by atomic mass is 10.0. The predicted octanol–water partition coefficient (Wildman–Crippen LogP) is 3.73. The maximum atomic E-state index is 5.43. The Bertz CT molecular complexity index is 816. The molecule has 6 nitrogen and oxygen atoms in total. The van der Waals surface area contributed by atoms with Crippen LogP contribution in [0.3, 0.4) is 0 Å². The van der Waals surface area contributed by atoms with Gasteiger partial charge in [-0.1, -0.05) is 6.07 Å². The van der Waals surface area contributed by atoms with Crippen LogP contribution in [0, 0.1) is 0 Å². The molecular weight excluding hydrogens is 318 g/mol. The van der Waals surface area contributed by atoms with Crippen molar-refractivity contribution in [3.63, 3.8) is 0 Å². The Morgan fingerprint density at radius 2 is 1.68 bits per heavy atom. The van der Waals surface area contributed by atoms with Crippen LogP contribution in [-0.2, 0) is 0 Å². The van der Waals surface area contributed by atoms with Gasteiger partial charge in [0.25, 0.3) is 0 Å². The van der Waals surface area contributed by atoms with Gasteiger partial charge in [0.1, 0.15) is 17.2 Å². The van der Waals surface area contributed by atoms with E-state index in [4.69, 9.17) is 19.2 Å². The van der Waals surface area contributed by atoms with Gasteiger partial charge >= 0.3 is 0 Å². The maximum Gasteiger partial charge on any atom is 0.162 e. The van der Waals surface area contributed by atoms with Gasteiger partial charge in [-0.3, -0.25) is 0 Å². The topological polar surface area (TPSA) is 64.1 Å². The van der Waals surface area contributed by atoms with Crippen molar-refractivity contribution in [1.82, 2.24) is 0 Å². The molecule has 0 amide bonds. The summed E-state index contributed by atoms with van der Waals surface area (Å²) in [5, 5.41) is 6.80. The normalized spacial score (nSPS) is 14.7. The van der Waals surface area contributed by atoms with Gasteiger partial charge in [0.2, 0.25) is 0 Å². The first-order chi connectivity index (χ1) is 12.0. The minimum absolute atomic E-state index is 0.451. The summed E-state index contributed by atoms with van der Waals surface area (Å²) in [6.07, 6.45) is 0. The molecule has 2 aromatic rings. The fourth-order valence-electron chi connectivity index (χ4n) is 2.81.